The van der Waals surface area contributed by atoms with Crippen molar-refractivity contribution < 1.29 is 31.1 Å². The molecule has 1 aliphatic rings. The van der Waals surface area contributed by atoms with E-state index in [9.17, 15) is 26.4 Å². The molecule has 130 valence electrons. The molecule has 1 fully saturated rings. The van der Waals surface area contributed by atoms with Crippen LogP contribution < -0.4 is 11.1 Å². The number of sulfone groups is 1. The van der Waals surface area contributed by atoms with Crippen molar-refractivity contribution in [2.75, 3.05) is 18.5 Å². The molecule has 0 aliphatic carbocycles. The molecule has 2 unspecified atom stereocenters. The van der Waals surface area contributed by atoms with Crippen molar-refractivity contribution in [3.63, 3.8) is 0 Å². The molecule has 1 saturated heterocycles. The predicted octanol–water partition coefficient (Wildman–Crippen LogP) is 1.31. The molecule has 0 spiro atoms. The minimum atomic E-state index is -5.47. The third-order valence-electron chi connectivity index (χ3n) is 3.18. The van der Waals surface area contributed by atoms with Gasteiger partial charge in [0.25, 0.3) is 9.84 Å². The highest BCUT2D eigenvalue weighted by Gasteiger charge is 2.47. The molecule has 23 heavy (non-hydrogen) atoms. The Morgan fingerprint density at radius 1 is 1.30 bits per heavy atom. The number of hydrogen-bond acceptors (Lipinski definition) is 5. The molecule has 2 atom stereocenters. The van der Waals surface area contributed by atoms with Gasteiger partial charge in [-0.25, -0.2) is 8.42 Å². The van der Waals surface area contributed by atoms with Crippen molar-refractivity contribution >= 4 is 33.8 Å². The number of hydrogen-bond donors (Lipinski definition) is 2. The first-order valence-corrected chi connectivity index (χ1v) is 7.67. The number of amides is 1. The van der Waals surface area contributed by atoms with Crippen LogP contribution in [0.1, 0.15) is 0 Å². The van der Waals surface area contributed by atoms with Crippen molar-refractivity contribution in [2.45, 2.75) is 16.4 Å². The number of benzene rings is 1. The van der Waals surface area contributed by atoms with Crippen LogP contribution in [0.25, 0.3) is 0 Å². The zero-order valence-corrected chi connectivity index (χ0v) is 13.2. The smallest absolute Gasteiger partial charge is 0.379 e. The molecule has 1 heterocycles. The molecule has 0 radical (unpaired) electrons. The van der Waals surface area contributed by atoms with Crippen LogP contribution >= 0.6 is 12.4 Å². The highest BCUT2D eigenvalue weighted by atomic mass is 35.5. The lowest BCUT2D eigenvalue weighted by atomic mass is 10.0. The number of rotatable bonds is 3. The summed E-state index contributed by atoms with van der Waals surface area (Å²) in [4.78, 5) is 11.0. The van der Waals surface area contributed by atoms with Gasteiger partial charge in [0, 0.05) is 11.7 Å². The van der Waals surface area contributed by atoms with Crippen molar-refractivity contribution in [1.29, 1.82) is 0 Å². The van der Waals surface area contributed by atoms with Crippen LogP contribution in [0, 0.1) is 5.92 Å². The van der Waals surface area contributed by atoms with E-state index in [-0.39, 0.29) is 31.3 Å². The van der Waals surface area contributed by atoms with E-state index in [2.05, 4.69) is 5.32 Å². The summed E-state index contributed by atoms with van der Waals surface area (Å²) in [6.45, 7) is 0.314. The fourth-order valence-corrected chi connectivity index (χ4v) is 2.76. The van der Waals surface area contributed by atoms with Crippen molar-refractivity contribution in [3.05, 3.63) is 24.3 Å². The van der Waals surface area contributed by atoms with Crippen molar-refractivity contribution in [1.82, 2.24) is 0 Å². The molecule has 11 heteroatoms. The molecule has 1 aromatic carbocycles. The Morgan fingerprint density at radius 2 is 1.96 bits per heavy atom. The van der Waals surface area contributed by atoms with Gasteiger partial charge in [-0.05, 0) is 18.2 Å². The summed E-state index contributed by atoms with van der Waals surface area (Å²) in [5, 5.41) is 2.35. The van der Waals surface area contributed by atoms with Crippen LogP contribution in [-0.4, -0.2) is 39.1 Å². The largest absolute Gasteiger partial charge is 0.501 e. The van der Waals surface area contributed by atoms with Gasteiger partial charge in [-0.2, -0.15) is 13.2 Å². The molecule has 1 amide bonds. The summed E-state index contributed by atoms with van der Waals surface area (Å²) in [5.74, 6) is -1.17. The lowest BCUT2D eigenvalue weighted by Gasteiger charge is -2.14. The van der Waals surface area contributed by atoms with E-state index in [0.717, 1.165) is 18.2 Å². The summed E-state index contributed by atoms with van der Waals surface area (Å²) in [6.07, 6.45) is 0. The first kappa shape index (κ1) is 19.7. The molecule has 0 aromatic heterocycles. The first-order valence-electron chi connectivity index (χ1n) is 6.18. The number of nitrogens with one attached hydrogen (secondary N) is 1. The third kappa shape index (κ3) is 4.14. The van der Waals surface area contributed by atoms with Gasteiger partial charge >= 0.3 is 5.51 Å². The second-order valence-electron chi connectivity index (χ2n) is 4.77. The maximum Gasteiger partial charge on any atom is 0.501 e. The van der Waals surface area contributed by atoms with E-state index < -0.39 is 38.1 Å². The van der Waals surface area contributed by atoms with Crippen LogP contribution in [0.5, 0.6) is 0 Å². The predicted molar refractivity (Wildman–Crippen MR) is 77.8 cm³/mol. The minimum absolute atomic E-state index is 0. The Labute approximate surface area is 136 Å². The normalized spacial score (nSPS) is 21.6. The van der Waals surface area contributed by atoms with Crippen molar-refractivity contribution in [2.24, 2.45) is 11.7 Å². The van der Waals surface area contributed by atoms with E-state index in [1.54, 1.807) is 0 Å². The second-order valence-corrected chi connectivity index (χ2v) is 6.72. The molecule has 1 aliphatic heterocycles. The number of ether oxygens (including phenoxy) is 1. The summed E-state index contributed by atoms with van der Waals surface area (Å²) in [7, 11) is -5.47. The van der Waals surface area contributed by atoms with E-state index in [1.807, 2.05) is 0 Å². The highest BCUT2D eigenvalue weighted by Crippen LogP contribution is 2.31. The Kier molecular flexibility index (Phi) is 6.02. The molecule has 2 rings (SSSR count). The Morgan fingerprint density at radius 3 is 2.48 bits per heavy atom. The van der Waals surface area contributed by atoms with Gasteiger partial charge in [0.05, 0.1) is 24.0 Å². The van der Waals surface area contributed by atoms with Crippen LogP contribution in [0.4, 0.5) is 18.9 Å². The number of alkyl halides is 3. The number of carbonyl (C=O) groups is 1. The van der Waals surface area contributed by atoms with Gasteiger partial charge in [0.2, 0.25) is 5.91 Å². The van der Waals surface area contributed by atoms with Crippen LogP contribution in [-0.2, 0) is 19.4 Å². The maximum atomic E-state index is 12.5. The molecule has 0 saturated carbocycles. The van der Waals surface area contributed by atoms with Crippen molar-refractivity contribution in [3.8, 4) is 0 Å². The summed E-state index contributed by atoms with van der Waals surface area (Å²) >= 11 is 0. The average molecular weight is 375 g/mol. The molecule has 3 N–H and O–H groups in total. The zero-order chi connectivity index (χ0) is 16.5. The second kappa shape index (κ2) is 7.04. The van der Waals surface area contributed by atoms with Gasteiger partial charge in [-0.15, -0.1) is 12.4 Å². The van der Waals surface area contributed by atoms with Gasteiger partial charge in [0.15, 0.2) is 0 Å². The Balaban J connectivity index is 0.00000264. The standard InChI is InChI=1S/C12H13F3N2O4S.ClH/c13-12(14,15)22(19,20)8-3-1-2-7(4-8)17-11(18)9-5-21-6-10(9)16;/h1-4,9-10H,5-6,16H2,(H,17,18);1H. The van der Waals surface area contributed by atoms with Gasteiger partial charge in [-0.3, -0.25) is 4.79 Å². The van der Waals surface area contributed by atoms with E-state index in [1.165, 1.54) is 6.07 Å². The van der Waals surface area contributed by atoms with E-state index in [4.69, 9.17) is 10.5 Å². The van der Waals surface area contributed by atoms with E-state index in [0.29, 0.717) is 0 Å². The fraction of sp³-hybridized carbons (Fsp3) is 0.417. The Hall–Kier alpha value is -1.36. The summed E-state index contributed by atoms with van der Waals surface area (Å²) in [5.41, 5.74) is 0.193. The van der Waals surface area contributed by atoms with Gasteiger partial charge in [0.1, 0.15) is 0 Å². The zero-order valence-electron chi connectivity index (χ0n) is 11.5. The monoisotopic (exact) mass is 374 g/mol. The molecule has 1 aromatic rings. The Bertz CT molecular complexity index is 681. The lowest BCUT2D eigenvalue weighted by Crippen LogP contribution is -2.37. The number of carbonyl (C=O) groups excluding carboxylic acids is 1. The number of halogens is 4. The average Bonchev–Trinajstić information content (AvgIpc) is 2.84. The van der Waals surface area contributed by atoms with Crippen LogP contribution in [0.15, 0.2) is 29.2 Å². The molecule has 0 bridgehead atoms. The lowest BCUT2D eigenvalue weighted by molar-refractivity contribution is -0.120. The quantitative estimate of drug-likeness (QED) is 0.831. The highest BCUT2D eigenvalue weighted by molar-refractivity contribution is 7.92. The van der Waals surface area contributed by atoms with Crippen LogP contribution in [0.3, 0.4) is 0 Å². The third-order valence-corrected chi connectivity index (χ3v) is 4.66. The maximum absolute atomic E-state index is 12.5. The minimum Gasteiger partial charge on any atom is -0.379 e. The summed E-state index contributed by atoms with van der Waals surface area (Å²) in [6, 6.07) is 3.45. The molecular weight excluding hydrogens is 361 g/mol. The van der Waals surface area contributed by atoms with E-state index >= 15 is 0 Å². The van der Waals surface area contributed by atoms with Gasteiger partial charge < -0.3 is 15.8 Å². The first-order chi connectivity index (χ1) is 10.1. The van der Waals surface area contributed by atoms with Gasteiger partial charge in [-0.1, -0.05) is 6.07 Å². The fourth-order valence-electron chi connectivity index (χ4n) is 1.95. The molecular formula is C12H14ClF3N2O4S. The SMILES string of the molecule is Cl.NC1COCC1C(=O)Nc1cccc(S(=O)(=O)C(F)(F)F)c1. The molecule has 6 nitrogen and oxygen atoms in total. The topological polar surface area (TPSA) is 98.5 Å². The van der Waals surface area contributed by atoms with Crippen LogP contribution in [0.2, 0.25) is 0 Å². The number of anilines is 1. The summed E-state index contributed by atoms with van der Waals surface area (Å²) < 4.78 is 65.2. The number of nitrogens with two attached hydrogens (primary N) is 1.